The van der Waals surface area contributed by atoms with E-state index in [0.717, 1.165) is 167 Å². The van der Waals surface area contributed by atoms with Crippen molar-refractivity contribution in [2.45, 2.75) is 354 Å². The van der Waals surface area contributed by atoms with Gasteiger partial charge in [-0.1, -0.05) is 242 Å². The second-order valence-corrected chi connectivity index (χ2v) is 28.5. The van der Waals surface area contributed by atoms with Gasteiger partial charge in [0.1, 0.15) is 19.3 Å². The average molecular weight is 1400 g/mol. The number of carbonyl (C=O) groups excluding carboxylic acids is 4. The summed E-state index contributed by atoms with van der Waals surface area (Å²) >= 11 is 0. The van der Waals surface area contributed by atoms with E-state index in [4.69, 9.17) is 37.0 Å². The quantitative estimate of drug-likeness (QED) is 0.0169. The fourth-order valence-electron chi connectivity index (χ4n) is 10.2. The summed E-state index contributed by atoms with van der Waals surface area (Å²) in [7, 11) is -9.95. The maximum absolute atomic E-state index is 13.1. The highest BCUT2D eigenvalue weighted by molar-refractivity contribution is 7.47. The smallest absolute Gasteiger partial charge is 0.462 e. The summed E-state index contributed by atoms with van der Waals surface area (Å²) in [5.74, 6) is -2.20. The standard InChI is InChI=1S/C77H138O17P2/c1-5-9-13-17-21-25-29-33-35-39-42-46-50-54-58-62-75(80)88-68-73(94-77(82)64-60-56-52-48-44-40-36-34-30-26-22-18-14-10-6-2)70-92-96(85,86)90-66-71(78)65-89-95(83,84)91-69-72(93-76(81)63-59-55-51-47-43-38-32-28-24-20-16-12-8-4)67-87-74(79)61-57-53-49-45-41-37-31-27-23-19-15-11-7-3/h21-22,25-28,31-36,71-73,78H,5-20,23-24,29-30,37-70H2,1-4H3,(H,83,84)(H,85,86)/b25-21-,26-22-,31-27-,32-28-,35-33-,36-34-/t71-,72+,73+/m0/s1. The summed E-state index contributed by atoms with van der Waals surface area (Å²) in [4.78, 5) is 72.8. The van der Waals surface area contributed by atoms with Crippen LogP contribution in [0.1, 0.15) is 336 Å². The highest BCUT2D eigenvalue weighted by Crippen LogP contribution is 2.45. The van der Waals surface area contributed by atoms with Crippen molar-refractivity contribution in [3.8, 4) is 0 Å². The lowest BCUT2D eigenvalue weighted by Gasteiger charge is -2.21. The molecule has 17 nitrogen and oxygen atoms in total. The van der Waals surface area contributed by atoms with E-state index in [-0.39, 0.29) is 25.7 Å². The number of esters is 4. The Labute approximate surface area is 583 Å². The molecule has 96 heavy (non-hydrogen) atoms. The first-order chi connectivity index (χ1) is 46.7. The number of allylic oxidation sites excluding steroid dienone is 12. The molecule has 0 aromatic rings. The van der Waals surface area contributed by atoms with Gasteiger partial charge >= 0.3 is 39.5 Å². The number of unbranched alkanes of at least 4 members (excludes halogenated alkanes) is 34. The van der Waals surface area contributed by atoms with E-state index in [1.54, 1.807) is 0 Å². The summed E-state index contributed by atoms with van der Waals surface area (Å²) in [6.07, 6.45) is 68.8. The van der Waals surface area contributed by atoms with E-state index in [1.807, 2.05) is 0 Å². The molecule has 19 heteroatoms. The molecule has 3 N–H and O–H groups in total. The molecule has 0 amide bonds. The van der Waals surface area contributed by atoms with Crippen LogP contribution in [0.5, 0.6) is 0 Å². The van der Waals surface area contributed by atoms with Crippen LogP contribution in [-0.4, -0.2) is 96.7 Å². The predicted molar refractivity (Wildman–Crippen MR) is 390 cm³/mol. The Kier molecular flexibility index (Phi) is 67.4. The number of hydrogen-bond acceptors (Lipinski definition) is 15. The molecule has 0 spiro atoms. The zero-order valence-electron chi connectivity index (χ0n) is 60.8. The monoisotopic (exact) mass is 1400 g/mol. The van der Waals surface area contributed by atoms with Crippen molar-refractivity contribution in [2.24, 2.45) is 0 Å². The Bertz CT molecular complexity index is 2110. The number of hydrogen-bond donors (Lipinski definition) is 3. The summed E-state index contributed by atoms with van der Waals surface area (Å²) < 4.78 is 68.4. The van der Waals surface area contributed by atoms with Gasteiger partial charge in [-0.15, -0.1) is 0 Å². The molecule has 0 saturated carbocycles. The van der Waals surface area contributed by atoms with E-state index in [2.05, 4.69) is 101 Å². The highest BCUT2D eigenvalue weighted by atomic mass is 31.2. The average Bonchev–Trinajstić information content (AvgIpc) is 1.36. The van der Waals surface area contributed by atoms with Crippen LogP contribution < -0.4 is 0 Å². The minimum absolute atomic E-state index is 0.0778. The van der Waals surface area contributed by atoms with Crippen LogP contribution in [0.15, 0.2) is 72.9 Å². The Hall–Kier alpha value is -3.50. The largest absolute Gasteiger partial charge is 0.472 e. The van der Waals surface area contributed by atoms with Gasteiger partial charge in [-0.3, -0.25) is 37.3 Å². The van der Waals surface area contributed by atoms with Gasteiger partial charge in [0, 0.05) is 25.7 Å². The van der Waals surface area contributed by atoms with Gasteiger partial charge in [0.15, 0.2) is 12.2 Å². The Balaban J connectivity index is 5.36. The molecule has 0 aliphatic rings. The van der Waals surface area contributed by atoms with E-state index in [0.29, 0.717) is 25.7 Å². The maximum atomic E-state index is 13.1. The predicted octanol–water partition coefficient (Wildman–Crippen LogP) is 21.7. The maximum Gasteiger partial charge on any atom is 0.472 e. The van der Waals surface area contributed by atoms with Crippen molar-refractivity contribution in [1.82, 2.24) is 0 Å². The van der Waals surface area contributed by atoms with Gasteiger partial charge in [-0.25, -0.2) is 9.13 Å². The number of aliphatic hydroxyl groups is 1. The van der Waals surface area contributed by atoms with Crippen LogP contribution in [0.2, 0.25) is 0 Å². The summed E-state index contributed by atoms with van der Waals surface area (Å²) in [6, 6.07) is 0. The number of aliphatic hydroxyl groups excluding tert-OH is 1. The zero-order valence-corrected chi connectivity index (χ0v) is 62.6. The van der Waals surface area contributed by atoms with Crippen LogP contribution in [-0.2, 0) is 65.4 Å². The Morgan fingerprint density at radius 3 is 0.802 bits per heavy atom. The van der Waals surface area contributed by atoms with Crippen LogP contribution in [0.25, 0.3) is 0 Å². The summed E-state index contributed by atoms with van der Waals surface area (Å²) in [5.41, 5.74) is 0. The normalized spacial score (nSPS) is 14.4. The molecule has 558 valence electrons. The van der Waals surface area contributed by atoms with E-state index in [1.165, 1.54) is 89.9 Å². The Morgan fingerprint density at radius 2 is 0.510 bits per heavy atom. The molecular formula is C77H138O17P2. The third-order valence-corrected chi connectivity index (χ3v) is 18.0. The van der Waals surface area contributed by atoms with Gasteiger partial charge in [0.05, 0.1) is 26.4 Å². The zero-order chi connectivity index (χ0) is 70.4. The van der Waals surface area contributed by atoms with Crippen molar-refractivity contribution in [3.05, 3.63) is 72.9 Å². The van der Waals surface area contributed by atoms with Crippen molar-refractivity contribution in [1.29, 1.82) is 0 Å². The van der Waals surface area contributed by atoms with Crippen molar-refractivity contribution < 1.29 is 80.2 Å². The van der Waals surface area contributed by atoms with Crippen molar-refractivity contribution >= 4 is 39.5 Å². The number of rotatable bonds is 72. The lowest BCUT2D eigenvalue weighted by molar-refractivity contribution is -0.161. The number of ether oxygens (including phenoxy) is 4. The van der Waals surface area contributed by atoms with E-state index >= 15 is 0 Å². The number of phosphoric acid groups is 2. The molecule has 0 aromatic carbocycles. The minimum Gasteiger partial charge on any atom is -0.462 e. The topological polar surface area (TPSA) is 237 Å². The molecule has 0 heterocycles. The van der Waals surface area contributed by atoms with Gasteiger partial charge in [0.25, 0.3) is 0 Å². The molecule has 2 unspecified atom stereocenters. The van der Waals surface area contributed by atoms with Gasteiger partial charge in [0.2, 0.25) is 0 Å². The summed E-state index contributed by atoms with van der Waals surface area (Å²) in [5, 5.41) is 10.6. The highest BCUT2D eigenvalue weighted by Gasteiger charge is 2.30. The first-order valence-corrected chi connectivity index (χ1v) is 41.2. The molecule has 5 atom stereocenters. The Morgan fingerprint density at radius 1 is 0.292 bits per heavy atom. The lowest BCUT2D eigenvalue weighted by atomic mass is 10.1. The van der Waals surface area contributed by atoms with Gasteiger partial charge < -0.3 is 33.8 Å². The molecule has 0 saturated heterocycles. The summed E-state index contributed by atoms with van der Waals surface area (Å²) in [6.45, 7) is 4.77. The third kappa shape index (κ3) is 69.0. The van der Waals surface area contributed by atoms with Gasteiger partial charge in [-0.2, -0.15) is 0 Å². The molecule has 0 rings (SSSR count). The van der Waals surface area contributed by atoms with E-state index < -0.39 is 97.5 Å². The SMILES string of the molecule is CCCCC/C=C\C/C=C\CCCCCCCC(=O)OC[C@H](COP(=O)(O)OC[C@@H](O)COP(=O)(O)OC[C@@H](COC(=O)CCCCCCC/C=C\CCCCCC)OC(=O)CCCCCCC/C=C\CCCCCC)OC(=O)CCCCCCC/C=C\C/C=C\CCCCC. The van der Waals surface area contributed by atoms with E-state index in [9.17, 15) is 43.2 Å². The molecule has 0 aliphatic heterocycles. The third-order valence-electron chi connectivity index (χ3n) is 16.1. The van der Waals surface area contributed by atoms with Crippen LogP contribution in [0.3, 0.4) is 0 Å². The molecule has 0 bridgehead atoms. The first-order valence-electron chi connectivity index (χ1n) is 38.2. The fraction of sp³-hybridized carbons (Fsp3) is 0.792. The van der Waals surface area contributed by atoms with Crippen LogP contribution in [0, 0.1) is 0 Å². The molecular weight excluding hydrogens is 1260 g/mol. The second-order valence-electron chi connectivity index (χ2n) is 25.6. The number of phosphoric ester groups is 2. The second kappa shape index (κ2) is 70.0. The molecule has 0 fully saturated rings. The minimum atomic E-state index is -4.98. The fourth-order valence-corrected chi connectivity index (χ4v) is 11.8. The van der Waals surface area contributed by atoms with Crippen LogP contribution >= 0.6 is 15.6 Å². The number of carbonyl (C=O) groups is 4. The molecule has 0 aromatic heterocycles. The van der Waals surface area contributed by atoms with Crippen molar-refractivity contribution in [3.63, 3.8) is 0 Å². The van der Waals surface area contributed by atoms with Crippen molar-refractivity contribution in [2.75, 3.05) is 39.6 Å². The van der Waals surface area contributed by atoms with Gasteiger partial charge in [-0.05, 0) is 141 Å². The molecule has 0 radical (unpaired) electrons. The molecule has 0 aliphatic carbocycles. The lowest BCUT2D eigenvalue weighted by Crippen LogP contribution is -2.30. The van der Waals surface area contributed by atoms with Crippen LogP contribution in [0.4, 0.5) is 0 Å². The first kappa shape index (κ1) is 92.5.